The van der Waals surface area contributed by atoms with Crippen molar-refractivity contribution < 1.29 is 17.9 Å². The Balaban J connectivity index is 2.75. The van der Waals surface area contributed by atoms with E-state index >= 15 is 0 Å². The summed E-state index contributed by atoms with van der Waals surface area (Å²) in [7, 11) is 1.51. The highest BCUT2D eigenvalue weighted by molar-refractivity contribution is 4.90. The van der Waals surface area contributed by atoms with Crippen LogP contribution in [0, 0.1) is 5.92 Å². The van der Waals surface area contributed by atoms with Gasteiger partial charge in [-0.25, -0.2) is 0 Å². The monoisotopic (exact) mass is 268 g/mol. The van der Waals surface area contributed by atoms with Gasteiger partial charge in [0.1, 0.15) is 6.04 Å². The minimum Gasteiger partial charge on any atom is -0.383 e. The van der Waals surface area contributed by atoms with Gasteiger partial charge in [0.2, 0.25) is 0 Å². The Morgan fingerprint density at radius 1 is 1.39 bits per heavy atom. The zero-order chi connectivity index (χ0) is 13.8. The smallest absolute Gasteiger partial charge is 0.383 e. The minimum atomic E-state index is -4.23. The Hall–Kier alpha value is -0.330. The number of methoxy groups -OCH3 is 1. The summed E-state index contributed by atoms with van der Waals surface area (Å²) in [6.07, 6.45) is -2.23. The van der Waals surface area contributed by atoms with Gasteiger partial charge in [0.25, 0.3) is 0 Å². The van der Waals surface area contributed by atoms with Gasteiger partial charge in [0.05, 0.1) is 6.61 Å². The minimum absolute atomic E-state index is 0.0467. The lowest BCUT2D eigenvalue weighted by Gasteiger charge is -2.37. The highest BCUT2D eigenvalue weighted by atomic mass is 19.4. The van der Waals surface area contributed by atoms with Gasteiger partial charge >= 0.3 is 6.18 Å². The highest BCUT2D eigenvalue weighted by Crippen LogP contribution is 2.38. The molecular weight excluding hydrogens is 245 g/mol. The molecule has 1 aliphatic carbocycles. The Morgan fingerprint density at radius 3 is 2.39 bits per heavy atom. The van der Waals surface area contributed by atoms with E-state index in [4.69, 9.17) is 10.5 Å². The number of halogens is 3. The molecule has 0 aromatic heterocycles. The van der Waals surface area contributed by atoms with Crippen LogP contribution in [-0.4, -0.2) is 50.0 Å². The molecule has 1 fully saturated rings. The van der Waals surface area contributed by atoms with Crippen molar-refractivity contribution >= 4 is 0 Å². The maximum Gasteiger partial charge on any atom is 0.404 e. The fourth-order valence-corrected chi connectivity index (χ4v) is 2.36. The molecule has 1 saturated carbocycles. The molecule has 0 aromatic carbocycles. The summed E-state index contributed by atoms with van der Waals surface area (Å²) >= 11 is 0. The summed E-state index contributed by atoms with van der Waals surface area (Å²) in [6, 6.07) is -1.51. The van der Waals surface area contributed by atoms with Crippen LogP contribution in [-0.2, 0) is 4.74 Å². The zero-order valence-corrected chi connectivity index (χ0v) is 11.0. The quantitative estimate of drug-likeness (QED) is 0.732. The number of hydrogen-bond acceptors (Lipinski definition) is 3. The molecule has 0 saturated heterocycles. The molecule has 6 heteroatoms. The second-order valence-electron chi connectivity index (χ2n) is 4.94. The molecule has 0 heterocycles. The third-order valence-electron chi connectivity index (χ3n) is 3.60. The van der Waals surface area contributed by atoms with E-state index in [2.05, 4.69) is 0 Å². The molecule has 2 N–H and O–H groups in total. The van der Waals surface area contributed by atoms with Crippen LogP contribution in [0.2, 0.25) is 0 Å². The fraction of sp³-hybridized carbons (Fsp3) is 1.00. The van der Waals surface area contributed by atoms with E-state index in [0.717, 1.165) is 12.8 Å². The van der Waals surface area contributed by atoms with Crippen molar-refractivity contribution in [3.05, 3.63) is 0 Å². The molecule has 1 rings (SSSR count). The highest BCUT2D eigenvalue weighted by Gasteiger charge is 2.46. The second-order valence-corrected chi connectivity index (χ2v) is 4.94. The SMILES string of the molecule is COCCN(C(C)C1CC1)C(CCN)C(F)(F)F. The van der Waals surface area contributed by atoms with Gasteiger partial charge < -0.3 is 10.5 Å². The predicted molar refractivity (Wildman–Crippen MR) is 64.3 cm³/mol. The van der Waals surface area contributed by atoms with E-state index in [-0.39, 0.29) is 19.0 Å². The van der Waals surface area contributed by atoms with Gasteiger partial charge in [-0.1, -0.05) is 0 Å². The van der Waals surface area contributed by atoms with Crippen LogP contribution in [0.3, 0.4) is 0 Å². The molecule has 18 heavy (non-hydrogen) atoms. The lowest BCUT2D eigenvalue weighted by atomic mass is 10.1. The average molecular weight is 268 g/mol. The summed E-state index contributed by atoms with van der Waals surface area (Å²) in [5, 5.41) is 0. The molecule has 1 aliphatic rings. The van der Waals surface area contributed by atoms with Crippen molar-refractivity contribution in [2.24, 2.45) is 11.7 Å². The summed E-state index contributed by atoms with van der Waals surface area (Å²) in [6.45, 7) is 2.54. The lowest BCUT2D eigenvalue weighted by molar-refractivity contribution is -0.192. The standard InChI is InChI=1S/C12H23F3N2O/c1-9(10-3-4-10)17(7-8-18-2)11(5-6-16)12(13,14)15/h9-11H,3-8,16H2,1-2H3. The number of ether oxygens (including phenoxy) is 1. The topological polar surface area (TPSA) is 38.5 Å². The van der Waals surface area contributed by atoms with E-state index in [1.165, 1.54) is 12.0 Å². The molecule has 2 unspecified atom stereocenters. The molecule has 2 atom stereocenters. The fourth-order valence-electron chi connectivity index (χ4n) is 2.36. The number of alkyl halides is 3. The first-order chi connectivity index (χ1) is 8.41. The predicted octanol–water partition coefficient (Wildman–Crippen LogP) is 2.01. The number of rotatable bonds is 8. The van der Waals surface area contributed by atoms with Crippen LogP contribution < -0.4 is 5.73 Å². The molecule has 0 spiro atoms. The summed E-state index contributed by atoms with van der Waals surface area (Å²) in [5.74, 6) is 0.393. The first-order valence-corrected chi connectivity index (χ1v) is 6.43. The van der Waals surface area contributed by atoms with Crippen molar-refractivity contribution in [1.29, 1.82) is 0 Å². The van der Waals surface area contributed by atoms with E-state index < -0.39 is 12.2 Å². The Morgan fingerprint density at radius 2 is 2.00 bits per heavy atom. The van der Waals surface area contributed by atoms with Crippen molar-refractivity contribution in [3.8, 4) is 0 Å². The molecule has 0 amide bonds. The van der Waals surface area contributed by atoms with Crippen LogP contribution in [0.25, 0.3) is 0 Å². The molecule has 3 nitrogen and oxygen atoms in total. The molecule has 108 valence electrons. The normalized spacial score (nSPS) is 20.2. The Kier molecular flexibility index (Phi) is 5.88. The maximum absolute atomic E-state index is 13.1. The Labute approximate surface area is 106 Å². The van der Waals surface area contributed by atoms with Gasteiger partial charge in [0.15, 0.2) is 0 Å². The molecular formula is C12H23F3N2O. The summed E-state index contributed by atoms with van der Waals surface area (Å²) in [4.78, 5) is 1.52. The molecule has 0 radical (unpaired) electrons. The summed E-state index contributed by atoms with van der Waals surface area (Å²) < 4.78 is 44.2. The zero-order valence-electron chi connectivity index (χ0n) is 11.0. The average Bonchev–Trinajstić information content (AvgIpc) is 3.10. The van der Waals surface area contributed by atoms with Gasteiger partial charge in [-0.15, -0.1) is 0 Å². The van der Waals surface area contributed by atoms with Crippen LogP contribution >= 0.6 is 0 Å². The van der Waals surface area contributed by atoms with Gasteiger partial charge in [-0.2, -0.15) is 13.2 Å². The van der Waals surface area contributed by atoms with Crippen LogP contribution in [0.1, 0.15) is 26.2 Å². The molecule has 0 aromatic rings. The van der Waals surface area contributed by atoms with Crippen LogP contribution in [0.4, 0.5) is 13.2 Å². The lowest BCUT2D eigenvalue weighted by Crippen LogP contribution is -2.52. The number of hydrogen-bond donors (Lipinski definition) is 1. The largest absolute Gasteiger partial charge is 0.404 e. The molecule has 0 bridgehead atoms. The third-order valence-corrected chi connectivity index (χ3v) is 3.60. The van der Waals surface area contributed by atoms with Gasteiger partial charge in [0, 0.05) is 19.7 Å². The van der Waals surface area contributed by atoms with Gasteiger partial charge in [-0.3, -0.25) is 4.90 Å². The van der Waals surface area contributed by atoms with E-state index in [9.17, 15) is 13.2 Å². The van der Waals surface area contributed by atoms with E-state index in [1.54, 1.807) is 0 Å². The van der Waals surface area contributed by atoms with Crippen molar-refractivity contribution in [2.75, 3.05) is 26.8 Å². The maximum atomic E-state index is 13.1. The first kappa shape index (κ1) is 15.7. The van der Waals surface area contributed by atoms with E-state index in [1.807, 2.05) is 6.92 Å². The number of nitrogens with zero attached hydrogens (tertiary/aromatic N) is 1. The second kappa shape index (κ2) is 6.73. The summed E-state index contributed by atoms with van der Waals surface area (Å²) in [5.41, 5.74) is 5.33. The van der Waals surface area contributed by atoms with Crippen LogP contribution in [0.5, 0.6) is 0 Å². The Bertz CT molecular complexity index is 244. The first-order valence-electron chi connectivity index (χ1n) is 6.43. The van der Waals surface area contributed by atoms with E-state index in [0.29, 0.717) is 19.1 Å². The van der Waals surface area contributed by atoms with Crippen molar-refractivity contribution in [3.63, 3.8) is 0 Å². The van der Waals surface area contributed by atoms with Crippen molar-refractivity contribution in [1.82, 2.24) is 4.90 Å². The number of nitrogens with two attached hydrogens (primary N) is 1. The third kappa shape index (κ3) is 4.40. The molecule has 0 aliphatic heterocycles. The van der Waals surface area contributed by atoms with Gasteiger partial charge in [-0.05, 0) is 38.6 Å². The van der Waals surface area contributed by atoms with Crippen LogP contribution in [0.15, 0.2) is 0 Å². The van der Waals surface area contributed by atoms with Crippen molar-refractivity contribution in [2.45, 2.75) is 44.4 Å².